The fourth-order valence-electron chi connectivity index (χ4n) is 4.86. The minimum Gasteiger partial charge on any atom is -0.334 e. The normalized spacial score (nSPS) is 19.8. The standard InChI is InChI=1S/C27H30FN3O2/c1-18-6-4-8-22(16-18)26(32)27-29-24(33-30-27)15-12-19-10-13-20(14-11-19)25(31(2)3)21-7-5-9-23(28)17-21/h4-9,12,15-17,19-20,25H,10-11,13-14H2,1-3H3/b15-12+. The summed E-state index contributed by atoms with van der Waals surface area (Å²) in [5.41, 5.74) is 2.60. The van der Waals surface area contributed by atoms with Gasteiger partial charge in [-0.25, -0.2) is 4.39 Å². The molecule has 5 nitrogen and oxygen atoms in total. The molecule has 2 aromatic carbocycles. The first-order valence-electron chi connectivity index (χ1n) is 11.5. The Morgan fingerprint density at radius 1 is 1.12 bits per heavy atom. The number of benzene rings is 2. The van der Waals surface area contributed by atoms with Gasteiger partial charge in [-0.2, -0.15) is 4.98 Å². The molecule has 0 amide bonds. The van der Waals surface area contributed by atoms with E-state index in [0.29, 0.717) is 23.3 Å². The second-order valence-electron chi connectivity index (χ2n) is 9.15. The van der Waals surface area contributed by atoms with E-state index in [1.54, 1.807) is 18.2 Å². The average Bonchev–Trinajstić information content (AvgIpc) is 3.27. The molecule has 1 aromatic heterocycles. The number of rotatable bonds is 7. The Balaban J connectivity index is 1.36. The SMILES string of the molecule is Cc1cccc(C(=O)c2noc(/C=C/C3CCC(C(c4cccc(F)c4)N(C)C)CC3)n2)c1. The first-order chi connectivity index (χ1) is 15.9. The topological polar surface area (TPSA) is 59.2 Å². The van der Waals surface area contributed by atoms with Crippen LogP contribution in [0.5, 0.6) is 0 Å². The molecule has 33 heavy (non-hydrogen) atoms. The molecule has 1 aliphatic carbocycles. The van der Waals surface area contributed by atoms with Crippen molar-refractivity contribution in [2.24, 2.45) is 11.8 Å². The van der Waals surface area contributed by atoms with Gasteiger partial charge in [0.15, 0.2) is 0 Å². The first-order valence-corrected chi connectivity index (χ1v) is 11.5. The summed E-state index contributed by atoms with van der Waals surface area (Å²) in [6.45, 7) is 1.94. The summed E-state index contributed by atoms with van der Waals surface area (Å²) in [5.74, 6) is 0.894. The molecule has 0 N–H and O–H groups in total. The predicted molar refractivity (Wildman–Crippen MR) is 126 cm³/mol. The Bertz CT molecular complexity index is 1130. The number of carbonyl (C=O) groups is 1. The van der Waals surface area contributed by atoms with Crippen LogP contribution in [0.2, 0.25) is 0 Å². The van der Waals surface area contributed by atoms with Crippen LogP contribution in [0.1, 0.15) is 64.9 Å². The van der Waals surface area contributed by atoms with Gasteiger partial charge in [-0.15, -0.1) is 0 Å². The zero-order valence-corrected chi connectivity index (χ0v) is 19.4. The number of allylic oxidation sites excluding steroid dienone is 1. The molecule has 0 saturated heterocycles. The third kappa shape index (κ3) is 5.63. The molecule has 0 bridgehead atoms. The zero-order valence-electron chi connectivity index (χ0n) is 19.4. The van der Waals surface area contributed by atoms with Crippen LogP contribution in [-0.2, 0) is 0 Å². The smallest absolute Gasteiger partial charge is 0.250 e. The predicted octanol–water partition coefficient (Wildman–Crippen LogP) is 5.87. The molecule has 1 heterocycles. The highest BCUT2D eigenvalue weighted by Crippen LogP contribution is 2.40. The summed E-state index contributed by atoms with van der Waals surface area (Å²) in [4.78, 5) is 19.0. The molecule has 1 atom stereocenters. The molecule has 1 aliphatic rings. The van der Waals surface area contributed by atoms with Crippen LogP contribution in [0.25, 0.3) is 6.08 Å². The molecule has 4 rings (SSSR count). The Kier molecular flexibility index (Phi) is 7.14. The molecule has 1 saturated carbocycles. The van der Waals surface area contributed by atoms with Crippen molar-refractivity contribution in [1.29, 1.82) is 0 Å². The fraction of sp³-hybridized carbons (Fsp3) is 0.370. The van der Waals surface area contributed by atoms with E-state index in [0.717, 1.165) is 36.8 Å². The highest BCUT2D eigenvalue weighted by molar-refractivity contribution is 6.06. The van der Waals surface area contributed by atoms with Gasteiger partial charge >= 0.3 is 0 Å². The van der Waals surface area contributed by atoms with Crippen LogP contribution >= 0.6 is 0 Å². The Morgan fingerprint density at radius 2 is 1.88 bits per heavy atom. The van der Waals surface area contributed by atoms with Gasteiger partial charge in [-0.1, -0.05) is 47.1 Å². The highest BCUT2D eigenvalue weighted by Gasteiger charge is 2.29. The summed E-state index contributed by atoms with van der Waals surface area (Å²) in [6, 6.07) is 14.5. The number of hydrogen-bond acceptors (Lipinski definition) is 5. The van der Waals surface area contributed by atoms with Crippen molar-refractivity contribution in [2.45, 2.75) is 38.6 Å². The lowest BCUT2D eigenvalue weighted by Crippen LogP contribution is -2.30. The van der Waals surface area contributed by atoms with Crippen molar-refractivity contribution in [3.05, 3.63) is 88.8 Å². The molecule has 1 unspecified atom stereocenters. The van der Waals surface area contributed by atoms with Gasteiger partial charge < -0.3 is 9.42 Å². The first kappa shape index (κ1) is 23.1. The van der Waals surface area contributed by atoms with Crippen molar-refractivity contribution in [3.63, 3.8) is 0 Å². The third-order valence-corrected chi connectivity index (χ3v) is 6.45. The van der Waals surface area contributed by atoms with Crippen LogP contribution in [0.15, 0.2) is 59.1 Å². The molecule has 0 aliphatic heterocycles. The molecule has 6 heteroatoms. The van der Waals surface area contributed by atoms with Crippen molar-refractivity contribution < 1.29 is 13.7 Å². The Labute approximate surface area is 194 Å². The molecule has 0 spiro atoms. The van der Waals surface area contributed by atoms with Crippen molar-refractivity contribution in [1.82, 2.24) is 15.0 Å². The lowest BCUT2D eigenvalue weighted by atomic mass is 9.76. The average molecular weight is 448 g/mol. The Hall–Kier alpha value is -3.12. The summed E-state index contributed by atoms with van der Waals surface area (Å²) in [7, 11) is 4.12. The summed E-state index contributed by atoms with van der Waals surface area (Å²) >= 11 is 0. The van der Waals surface area contributed by atoms with Crippen LogP contribution in [0.3, 0.4) is 0 Å². The van der Waals surface area contributed by atoms with Crippen molar-refractivity contribution in [2.75, 3.05) is 14.1 Å². The second kappa shape index (κ2) is 10.2. The number of aryl methyl sites for hydroxylation is 1. The summed E-state index contributed by atoms with van der Waals surface area (Å²) < 4.78 is 19.1. The zero-order chi connectivity index (χ0) is 23.4. The summed E-state index contributed by atoms with van der Waals surface area (Å²) in [6.07, 6.45) is 8.15. The Morgan fingerprint density at radius 3 is 2.58 bits per heavy atom. The van der Waals surface area contributed by atoms with Crippen LogP contribution in [-0.4, -0.2) is 34.9 Å². The van der Waals surface area contributed by atoms with Gasteiger partial charge in [-0.05, 0) is 88.4 Å². The van der Waals surface area contributed by atoms with Gasteiger partial charge in [0.2, 0.25) is 11.6 Å². The van der Waals surface area contributed by atoms with E-state index in [9.17, 15) is 9.18 Å². The molecule has 172 valence electrons. The fourth-order valence-corrected chi connectivity index (χ4v) is 4.86. The van der Waals surface area contributed by atoms with Crippen LogP contribution in [0, 0.1) is 24.6 Å². The van der Waals surface area contributed by atoms with Gasteiger partial charge in [0.25, 0.3) is 5.89 Å². The lowest BCUT2D eigenvalue weighted by Gasteiger charge is -2.37. The van der Waals surface area contributed by atoms with Crippen LogP contribution < -0.4 is 0 Å². The number of ketones is 1. The lowest BCUT2D eigenvalue weighted by molar-refractivity contribution is 0.102. The highest BCUT2D eigenvalue weighted by atomic mass is 19.1. The monoisotopic (exact) mass is 447 g/mol. The van der Waals surface area contributed by atoms with Gasteiger partial charge in [0, 0.05) is 11.6 Å². The number of hydrogen-bond donors (Lipinski definition) is 0. The van der Waals surface area contributed by atoms with Crippen molar-refractivity contribution >= 4 is 11.9 Å². The number of nitrogens with zero attached hydrogens (tertiary/aromatic N) is 3. The van der Waals surface area contributed by atoms with Gasteiger partial charge in [0.05, 0.1) is 0 Å². The maximum absolute atomic E-state index is 13.8. The maximum atomic E-state index is 13.8. The van der Waals surface area contributed by atoms with E-state index in [-0.39, 0.29) is 23.5 Å². The minimum absolute atomic E-state index is 0.0767. The quantitative estimate of drug-likeness (QED) is 0.424. The van der Waals surface area contributed by atoms with Crippen molar-refractivity contribution in [3.8, 4) is 0 Å². The molecule has 0 radical (unpaired) electrons. The number of aromatic nitrogens is 2. The molecular weight excluding hydrogens is 417 g/mol. The van der Waals surface area contributed by atoms with E-state index >= 15 is 0 Å². The minimum atomic E-state index is -0.241. The van der Waals surface area contributed by atoms with E-state index in [2.05, 4.69) is 35.2 Å². The van der Waals surface area contributed by atoms with E-state index in [1.807, 2.05) is 37.3 Å². The van der Waals surface area contributed by atoms with Gasteiger partial charge in [-0.3, -0.25) is 4.79 Å². The maximum Gasteiger partial charge on any atom is 0.250 e. The molecular formula is C27H30FN3O2. The van der Waals surface area contributed by atoms with E-state index < -0.39 is 0 Å². The number of carbonyl (C=O) groups excluding carboxylic acids is 1. The number of halogens is 1. The second-order valence-corrected chi connectivity index (χ2v) is 9.15. The van der Waals surface area contributed by atoms with Crippen LogP contribution in [0.4, 0.5) is 4.39 Å². The largest absolute Gasteiger partial charge is 0.334 e. The summed E-state index contributed by atoms with van der Waals surface area (Å²) in [5, 5.41) is 3.86. The molecule has 3 aromatic rings. The van der Waals surface area contributed by atoms with Gasteiger partial charge in [0.1, 0.15) is 5.82 Å². The third-order valence-electron chi connectivity index (χ3n) is 6.45. The molecule has 1 fully saturated rings. The van der Waals surface area contributed by atoms with E-state index in [4.69, 9.17) is 4.52 Å². The van der Waals surface area contributed by atoms with E-state index in [1.165, 1.54) is 6.07 Å².